The first-order chi connectivity index (χ1) is 12.1. The molecular formula is C19H31ClN2O4S. The van der Waals surface area contributed by atoms with E-state index in [0.29, 0.717) is 10.8 Å². The first-order valence-electron chi connectivity index (χ1n) is 8.72. The third-order valence-corrected chi connectivity index (χ3v) is 5.36. The molecule has 0 bridgehead atoms. The lowest BCUT2D eigenvalue weighted by atomic mass is 9.81. The van der Waals surface area contributed by atoms with Crippen LogP contribution in [0.4, 0.5) is 5.69 Å². The summed E-state index contributed by atoms with van der Waals surface area (Å²) >= 11 is 6.05. The predicted octanol–water partition coefficient (Wildman–Crippen LogP) is 3.83. The summed E-state index contributed by atoms with van der Waals surface area (Å²) < 4.78 is 31.3. The minimum Gasteiger partial charge on any atom is -0.495 e. The lowest BCUT2D eigenvalue weighted by Crippen LogP contribution is -2.54. The molecule has 0 unspecified atom stereocenters. The van der Waals surface area contributed by atoms with Crippen LogP contribution in [0.25, 0.3) is 0 Å². The summed E-state index contributed by atoms with van der Waals surface area (Å²) in [5.41, 5.74) is -0.262. The lowest BCUT2D eigenvalue weighted by Gasteiger charge is -2.36. The molecule has 27 heavy (non-hydrogen) atoms. The Morgan fingerprint density at radius 2 is 1.81 bits per heavy atom. The number of sulfonamides is 1. The van der Waals surface area contributed by atoms with Gasteiger partial charge in [0.05, 0.1) is 19.1 Å². The number of nitrogens with zero attached hydrogens (tertiary/aromatic N) is 1. The second-order valence-electron chi connectivity index (χ2n) is 8.66. The topological polar surface area (TPSA) is 75.7 Å². The van der Waals surface area contributed by atoms with E-state index in [9.17, 15) is 13.2 Å². The normalized spacial score (nSPS) is 13.8. The van der Waals surface area contributed by atoms with Gasteiger partial charge in [-0.1, -0.05) is 32.4 Å². The van der Waals surface area contributed by atoms with E-state index in [1.165, 1.54) is 13.2 Å². The van der Waals surface area contributed by atoms with Crippen molar-refractivity contribution in [2.24, 2.45) is 5.41 Å². The molecule has 154 valence electrons. The van der Waals surface area contributed by atoms with Crippen LogP contribution >= 0.6 is 11.6 Å². The summed E-state index contributed by atoms with van der Waals surface area (Å²) in [6.07, 6.45) is 1.79. The van der Waals surface area contributed by atoms with Gasteiger partial charge in [0.2, 0.25) is 15.9 Å². The minimum atomic E-state index is -3.77. The molecule has 0 radical (unpaired) electrons. The number of anilines is 1. The standard InChI is InChI=1S/C19H31ClN2O4S/c1-13(17(23)21-19(5,6)12-18(2,3)4)22(27(8,24)25)15-11-14(20)9-10-16(15)26-7/h9-11,13H,12H2,1-8H3,(H,21,23)/t13-/m0/s1. The number of nitrogens with one attached hydrogen (secondary N) is 1. The van der Waals surface area contributed by atoms with Crippen molar-refractivity contribution < 1.29 is 17.9 Å². The van der Waals surface area contributed by atoms with Crippen molar-refractivity contribution in [2.75, 3.05) is 17.7 Å². The second kappa shape index (κ2) is 8.27. The Balaban J connectivity index is 3.27. The minimum absolute atomic E-state index is 0.00666. The molecule has 0 aliphatic carbocycles. The highest BCUT2D eigenvalue weighted by molar-refractivity contribution is 7.92. The smallest absolute Gasteiger partial charge is 0.244 e. The number of ether oxygens (including phenoxy) is 1. The maximum atomic E-state index is 12.9. The van der Waals surface area contributed by atoms with Gasteiger partial charge in [-0.3, -0.25) is 9.10 Å². The number of hydrogen-bond donors (Lipinski definition) is 1. The highest BCUT2D eigenvalue weighted by atomic mass is 35.5. The van der Waals surface area contributed by atoms with Gasteiger partial charge in [-0.05, 0) is 50.8 Å². The maximum Gasteiger partial charge on any atom is 0.244 e. The zero-order valence-corrected chi connectivity index (χ0v) is 19.0. The number of halogens is 1. The van der Waals surface area contributed by atoms with E-state index in [1.807, 2.05) is 13.8 Å². The van der Waals surface area contributed by atoms with Crippen LogP contribution in [0.1, 0.15) is 48.0 Å². The molecule has 1 aromatic carbocycles. The highest BCUT2D eigenvalue weighted by Gasteiger charge is 2.35. The highest BCUT2D eigenvalue weighted by Crippen LogP contribution is 2.34. The van der Waals surface area contributed by atoms with Crippen LogP contribution in [-0.4, -0.2) is 39.3 Å². The molecule has 1 aromatic rings. The van der Waals surface area contributed by atoms with Gasteiger partial charge < -0.3 is 10.1 Å². The summed E-state index contributed by atoms with van der Waals surface area (Å²) in [6, 6.07) is 3.67. The van der Waals surface area contributed by atoms with Gasteiger partial charge in [-0.25, -0.2) is 8.42 Å². The fourth-order valence-corrected chi connectivity index (χ4v) is 4.76. The van der Waals surface area contributed by atoms with Gasteiger partial charge in [0.25, 0.3) is 0 Å². The van der Waals surface area contributed by atoms with Gasteiger partial charge in [0, 0.05) is 10.6 Å². The summed E-state index contributed by atoms with van der Waals surface area (Å²) in [5, 5.41) is 3.32. The zero-order chi connectivity index (χ0) is 21.2. The van der Waals surface area contributed by atoms with E-state index >= 15 is 0 Å². The Bertz CT molecular complexity index is 785. The fraction of sp³-hybridized carbons (Fsp3) is 0.632. The summed E-state index contributed by atoms with van der Waals surface area (Å²) in [7, 11) is -2.33. The van der Waals surface area contributed by atoms with E-state index in [2.05, 4.69) is 26.1 Å². The monoisotopic (exact) mass is 418 g/mol. The van der Waals surface area contributed by atoms with Crippen LogP contribution in [0, 0.1) is 5.41 Å². The molecule has 0 spiro atoms. The summed E-state index contributed by atoms with van der Waals surface area (Å²) in [6.45, 7) is 11.7. The van der Waals surface area contributed by atoms with Crippen LogP contribution < -0.4 is 14.4 Å². The van der Waals surface area contributed by atoms with Crippen LogP contribution in [-0.2, 0) is 14.8 Å². The molecule has 1 N–H and O–H groups in total. The SMILES string of the molecule is COc1ccc(Cl)cc1N([C@@H](C)C(=O)NC(C)(C)CC(C)(C)C)S(C)(=O)=O. The zero-order valence-electron chi connectivity index (χ0n) is 17.4. The third-order valence-electron chi connectivity index (χ3n) is 3.90. The molecule has 1 atom stereocenters. The largest absolute Gasteiger partial charge is 0.495 e. The van der Waals surface area contributed by atoms with Gasteiger partial charge in [0.15, 0.2) is 0 Å². The third kappa shape index (κ3) is 6.88. The molecule has 1 amide bonds. The van der Waals surface area contributed by atoms with Crippen LogP contribution in [0.5, 0.6) is 5.75 Å². The first-order valence-corrected chi connectivity index (χ1v) is 10.9. The number of amides is 1. The number of carbonyl (C=O) groups excluding carboxylic acids is 1. The van der Waals surface area contributed by atoms with E-state index in [0.717, 1.165) is 17.0 Å². The molecule has 0 saturated carbocycles. The Hall–Kier alpha value is -1.47. The summed E-state index contributed by atoms with van der Waals surface area (Å²) in [5.74, 6) is -0.0740. The average molecular weight is 419 g/mol. The molecule has 0 aromatic heterocycles. The Morgan fingerprint density at radius 3 is 2.26 bits per heavy atom. The van der Waals surface area contributed by atoms with E-state index in [4.69, 9.17) is 16.3 Å². The lowest BCUT2D eigenvalue weighted by molar-refractivity contribution is -0.123. The van der Waals surface area contributed by atoms with Crippen molar-refractivity contribution in [3.8, 4) is 5.75 Å². The molecule has 6 nitrogen and oxygen atoms in total. The number of carbonyl (C=O) groups is 1. The molecular weight excluding hydrogens is 388 g/mol. The number of methoxy groups -OCH3 is 1. The maximum absolute atomic E-state index is 12.9. The predicted molar refractivity (Wildman–Crippen MR) is 111 cm³/mol. The van der Waals surface area contributed by atoms with Gasteiger partial charge >= 0.3 is 0 Å². The molecule has 8 heteroatoms. The van der Waals surface area contributed by atoms with Gasteiger partial charge in [0.1, 0.15) is 11.8 Å². The van der Waals surface area contributed by atoms with Crippen molar-refractivity contribution >= 4 is 33.2 Å². The molecule has 0 aliphatic rings. The molecule has 0 heterocycles. The number of benzene rings is 1. The van der Waals surface area contributed by atoms with E-state index in [1.54, 1.807) is 19.1 Å². The quantitative estimate of drug-likeness (QED) is 0.729. The molecule has 0 saturated heterocycles. The molecule has 0 fully saturated rings. The van der Waals surface area contributed by atoms with Crippen LogP contribution in [0.15, 0.2) is 18.2 Å². The number of hydrogen-bond acceptors (Lipinski definition) is 4. The van der Waals surface area contributed by atoms with Crippen molar-refractivity contribution in [3.05, 3.63) is 23.2 Å². The Morgan fingerprint density at radius 1 is 1.26 bits per heavy atom. The van der Waals surface area contributed by atoms with E-state index < -0.39 is 27.5 Å². The molecule has 0 aliphatic heterocycles. The van der Waals surface area contributed by atoms with Crippen molar-refractivity contribution in [1.29, 1.82) is 0 Å². The fourth-order valence-electron chi connectivity index (χ4n) is 3.42. The molecule has 1 rings (SSSR count). The Labute approximate surface area is 168 Å². The number of rotatable bonds is 7. The van der Waals surface area contributed by atoms with Crippen LogP contribution in [0.2, 0.25) is 5.02 Å². The summed E-state index contributed by atoms with van der Waals surface area (Å²) in [4.78, 5) is 12.9. The van der Waals surface area contributed by atoms with Crippen molar-refractivity contribution in [2.45, 2.75) is 59.5 Å². The average Bonchev–Trinajstić information content (AvgIpc) is 2.42. The van der Waals surface area contributed by atoms with Gasteiger partial charge in [-0.2, -0.15) is 0 Å². The van der Waals surface area contributed by atoms with Crippen LogP contribution in [0.3, 0.4) is 0 Å². The van der Waals surface area contributed by atoms with E-state index in [-0.39, 0.29) is 11.1 Å². The first kappa shape index (κ1) is 23.6. The second-order valence-corrected chi connectivity index (χ2v) is 11.0. The van der Waals surface area contributed by atoms with Crippen molar-refractivity contribution in [1.82, 2.24) is 5.32 Å². The van der Waals surface area contributed by atoms with Gasteiger partial charge in [-0.15, -0.1) is 0 Å². The van der Waals surface area contributed by atoms with Crippen molar-refractivity contribution in [3.63, 3.8) is 0 Å². The Kier molecular flexibility index (Phi) is 7.22.